The molecule has 0 fully saturated rings. The van der Waals surface area contributed by atoms with Crippen molar-refractivity contribution >= 4 is 0 Å². The fraction of sp³-hybridized carbons (Fsp3) is 0.533. The SMILES string of the molecule is CCOCC(NCc1cc(F)ccc1C#N)C(C)C. The van der Waals surface area contributed by atoms with Crippen LogP contribution in [0, 0.1) is 23.1 Å². The second-order valence-electron chi connectivity index (χ2n) is 4.80. The van der Waals surface area contributed by atoms with Gasteiger partial charge in [-0.1, -0.05) is 13.8 Å². The van der Waals surface area contributed by atoms with Crippen LogP contribution in [0.4, 0.5) is 4.39 Å². The molecule has 0 aliphatic heterocycles. The van der Waals surface area contributed by atoms with Crippen molar-refractivity contribution in [2.45, 2.75) is 33.4 Å². The maximum absolute atomic E-state index is 13.2. The summed E-state index contributed by atoms with van der Waals surface area (Å²) >= 11 is 0. The summed E-state index contributed by atoms with van der Waals surface area (Å²) in [6.45, 7) is 7.93. The molecule has 0 radical (unpaired) electrons. The topological polar surface area (TPSA) is 45.0 Å². The van der Waals surface area contributed by atoms with Gasteiger partial charge in [0.1, 0.15) is 5.82 Å². The van der Waals surface area contributed by atoms with E-state index in [0.29, 0.717) is 36.8 Å². The third-order valence-corrected chi connectivity index (χ3v) is 3.05. The molecule has 0 aliphatic rings. The van der Waals surface area contributed by atoms with Gasteiger partial charge in [0.25, 0.3) is 0 Å². The van der Waals surface area contributed by atoms with Crippen LogP contribution >= 0.6 is 0 Å². The van der Waals surface area contributed by atoms with Crippen LogP contribution in [0.15, 0.2) is 18.2 Å². The van der Waals surface area contributed by atoms with Crippen LogP contribution in [0.1, 0.15) is 31.9 Å². The zero-order chi connectivity index (χ0) is 14.3. The van der Waals surface area contributed by atoms with Gasteiger partial charge in [-0.3, -0.25) is 0 Å². The van der Waals surface area contributed by atoms with Crippen LogP contribution in [-0.4, -0.2) is 19.3 Å². The number of hydrogen-bond donors (Lipinski definition) is 1. The molecule has 0 saturated heterocycles. The standard InChI is InChI=1S/C15H21FN2O/c1-4-19-10-15(11(2)3)18-9-13-7-14(16)6-5-12(13)8-17/h5-7,11,15,18H,4,9-10H2,1-3H3. The lowest BCUT2D eigenvalue weighted by Crippen LogP contribution is -2.37. The van der Waals surface area contributed by atoms with E-state index in [1.165, 1.54) is 18.2 Å². The number of nitriles is 1. The zero-order valence-electron chi connectivity index (χ0n) is 11.7. The monoisotopic (exact) mass is 264 g/mol. The molecule has 3 nitrogen and oxygen atoms in total. The lowest BCUT2D eigenvalue weighted by molar-refractivity contribution is 0.108. The number of ether oxygens (including phenoxy) is 1. The molecule has 0 aromatic heterocycles. The van der Waals surface area contributed by atoms with E-state index in [9.17, 15) is 4.39 Å². The molecule has 1 aromatic carbocycles. The fourth-order valence-corrected chi connectivity index (χ4v) is 1.79. The molecule has 1 unspecified atom stereocenters. The van der Waals surface area contributed by atoms with Gasteiger partial charge >= 0.3 is 0 Å². The number of hydrogen-bond acceptors (Lipinski definition) is 3. The molecule has 19 heavy (non-hydrogen) atoms. The summed E-state index contributed by atoms with van der Waals surface area (Å²) in [6.07, 6.45) is 0. The average Bonchev–Trinajstić information content (AvgIpc) is 2.38. The largest absolute Gasteiger partial charge is 0.380 e. The van der Waals surface area contributed by atoms with E-state index >= 15 is 0 Å². The molecule has 0 amide bonds. The minimum atomic E-state index is -0.318. The quantitative estimate of drug-likeness (QED) is 0.823. The highest BCUT2D eigenvalue weighted by Crippen LogP contribution is 2.11. The second kappa shape index (κ2) is 7.88. The van der Waals surface area contributed by atoms with Gasteiger partial charge in [0.05, 0.1) is 18.2 Å². The molecular formula is C15H21FN2O. The maximum Gasteiger partial charge on any atom is 0.123 e. The van der Waals surface area contributed by atoms with Crippen molar-refractivity contribution in [3.8, 4) is 6.07 Å². The molecule has 1 aromatic rings. The van der Waals surface area contributed by atoms with E-state index in [1.54, 1.807) is 0 Å². The van der Waals surface area contributed by atoms with Gasteiger partial charge < -0.3 is 10.1 Å². The minimum absolute atomic E-state index is 0.190. The Morgan fingerprint density at radius 3 is 2.74 bits per heavy atom. The first-order chi connectivity index (χ1) is 9.08. The molecule has 4 heteroatoms. The third kappa shape index (κ3) is 4.98. The van der Waals surface area contributed by atoms with Gasteiger partial charge in [-0.15, -0.1) is 0 Å². The first-order valence-electron chi connectivity index (χ1n) is 6.58. The van der Waals surface area contributed by atoms with Crippen LogP contribution in [-0.2, 0) is 11.3 Å². The molecule has 104 valence electrons. The van der Waals surface area contributed by atoms with E-state index in [4.69, 9.17) is 10.00 Å². The van der Waals surface area contributed by atoms with Crippen molar-refractivity contribution in [3.63, 3.8) is 0 Å². The maximum atomic E-state index is 13.2. The summed E-state index contributed by atoms with van der Waals surface area (Å²) in [5, 5.41) is 12.3. The molecule has 0 saturated carbocycles. The highest BCUT2D eigenvalue weighted by molar-refractivity contribution is 5.37. The Labute approximate surface area is 114 Å². The Kier molecular flexibility index (Phi) is 6.48. The number of nitrogens with one attached hydrogen (secondary N) is 1. The summed E-state index contributed by atoms with van der Waals surface area (Å²) < 4.78 is 18.6. The molecule has 0 aliphatic carbocycles. The van der Waals surface area contributed by atoms with E-state index in [-0.39, 0.29) is 11.9 Å². The zero-order valence-corrected chi connectivity index (χ0v) is 11.7. The van der Waals surface area contributed by atoms with Crippen LogP contribution in [0.2, 0.25) is 0 Å². The Balaban J connectivity index is 2.68. The van der Waals surface area contributed by atoms with E-state index in [2.05, 4.69) is 25.2 Å². The van der Waals surface area contributed by atoms with Crippen LogP contribution in [0.5, 0.6) is 0 Å². The van der Waals surface area contributed by atoms with Gasteiger partial charge in [0.15, 0.2) is 0 Å². The Morgan fingerprint density at radius 1 is 1.42 bits per heavy atom. The summed E-state index contributed by atoms with van der Waals surface area (Å²) in [6, 6.07) is 6.50. The fourth-order valence-electron chi connectivity index (χ4n) is 1.79. The van der Waals surface area contributed by atoms with E-state index < -0.39 is 0 Å². The van der Waals surface area contributed by atoms with Crippen molar-refractivity contribution in [1.29, 1.82) is 5.26 Å². The highest BCUT2D eigenvalue weighted by atomic mass is 19.1. The first kappa shape index (κ1) is 15.6. The molecule has 1 rings (SSSR count). The molecular weight excluding hydrogens is 243 g/mol. The van der Waals surface area contributed by atoms with Crippen LogP contribution in [0.25, 0.3) is 0 Å². The first-order valence-corrected chi connectivity index (χ1v) is 6.58. The van der Waals surface area contributed by atoms with Gasteiger partial charge in [-0.05, 0) is 36.6 Å². The van der Waals surface area contributed by atoms with E-state index in [1.807, 2.05) is 6.92 Å². The predicted octanol–water partition coefficient (Wildman–Crippen LogP) is 2.85. The van der Waals surface area contributed by atoms with Crippen molar-refractivity contribution < 1.29 is 9.13 Å². The predicted molar refractivity (Wildman–Crippen MR) is 73.1 cm³/mol. The number of rotatable bonds is 7. The Bertz CT molecular complexity index is 440. The van der Waals surface area contributed by atoms with Gasteiger partial charge in [0.2, 0.25) is 0 Å². The van der Waals surface area contributed by atoms with Gasteiger partial charge in [-0.2, -0.15) is 5.26 Å². The smallest absolute Gasteiger partial charge is 0.123 e. The number of benzene rings is 1. The Hall–Kier alpha value is -1.44. The van der Waals surface area contributed by atoms with Crippen molar-refractivity contribution in [1.82, 2.24) is 5.32 Å². The van der Waals surface area contributed by atoms with E-state index in [0.717, 1.165) is 0 Å². The number of halogens is 1. The summed E-state index contributed by atoms with van der Waals surface area (Å²) in [4.78, 5) is 0. The lowest BCUT2D eigenvalue weighted by atomic mass is 10.0. The third-order valence-electron chi connectivity index (χ3n) is 3.05. The molecule has 0 heterocycles. The highest BCUT2D eigenvalue weighted by Gasteiger charge is 2.14. The van der Waals surface area contributed by atoms with Gasteiger partial charge in [-0.25, -0.2) is 4.39 Å². The average molecular weight is 264 g/mol. The normalized spacial score (nSPS) is 12.4. The summed E-state index contributed by atoms with van der Waals surface area (Å²) in [5.41, 5.74) is 1.19. The van der Waals surface area contributed by atoms with Crippen molar-refractivity contribution in [3.05, 3.63) is 35.1 Å². The van der Waals surface area contributed by atoms with Crippen LogP contribution in [0.3, 0.4) is 0 Å². The Morgan fingerprint density at radius 2 is 2.16 bits per heavy atom. The lowest BCUT2D eigenvalue weighted by Gasteiger charge is -2.22. The van der Waals surface area contributed by atoms with Gasteiger partial charge in [0, 0.05) is 19.2 Å². The van der Waals surface area contributed by atoms with Crippen molar-refractivity contribution in [2.75, 3.05) is 13.2 Å². The second-order valence-corrected chi connectivity index (χ2v) is 4.80. The summed E-state index contributed by atoms with van der Waals surface area (Å²) in [7, 11) is 0. The molecule has 0 spiro atoms. The minimum Gasteiger partial charge on any atom is -0.380 e. The number of nitrogens with zero attached hydrogens (tertiary/aromatic N) is 1. The van der Waals surface area contributed by atoms with Crippen molar-refractivity contribution in [2.24, 2.45) is 5.92 Å². The molecule has 1 atom stereocenters. The molecule has 0 bridgehead atoms. The summed E-state index contributed by atoms with van der Waals surface area (Å²) in [5.74, 6) is 0.0901. The molecule has 1 N–H and O–H groups in total. The van der Waals surface area contributed by atoms with Crippen LogP contribution < -0.4 is 5.32 Å².